The summed E-state index contributed by atoms with van der Waals surface area (Å²) >= 11 is 6.00. The van der Waals surface area contributed by atoms with Crippen molar-refractivity contribution >= 4 is 17.4 Å². The molecule has 5 heteroatoms. The molecule has 2 aromatic heterocycles. The van der Waals surface area contributed by atoms with E-state index in [1.54, 1.807) is 24.5 Å². The van der Waals surface area contributed by atoms with Crippen LogP contribution in [0.25, 0.3) is 0 Å². The SMILES string of the molecule is O=C(c1cccnc1)c1nnc(Cl)c2c1CCC2. The molecule has 0 saturated heterocycles. The number of hydrogen-bond donors (Lipinski definition) is 0. The maximum Gasteiger partial charge on any atom is 0.215 e. The predicted octanol–water partition coefficient (Wildman–Crippen LogP) is 2.24. The second-order valence-electron chi connectivity index (χ2n) is 4.22. The van der Waals surface area contributed by atoms with E-state index in [0.29, 0.717) is 16.4 Å². The molecule has 0 fully saturated rings. The van der Waals surface area contributed by atoms with Gasteiger partial charge in [-0.3, -0.25) is 9.78 Å². The lowest BCUT2D eigenvalue weighted by molar-refractivity contribution is 0.103. The maximum absolute atomic E-state index is 12.3. The number of carbonyl (C=O) groups is 1. The van der Waals surface area contributed by atoms with Gasteiger partial charge in [0.15, 0.2) is 5.15 Å². The molecule has 1 aliphatic carbocycles. The second-order valence-corrected chi connectivity index (χ2v) is 4.58. The highest BCUT2D eigenvalue weighted by atomic mass is 35.5. The van der Waals surface area contributed by atoms with Crippen LogP contribution in [0.2, 0.25) is 5.15 Å². The second kappa shape index (κ2) is 4.46. The number of nitrogens with zero attached hydrogens (tertiary/aromatic N) is 3. The topological polar surface area (TPSA) is 55.7 Å². The number of halogens is 1. The fourth-order valence-electron chi connectivity index (χ4n) is 2.26. The molecule has 0 aromatic carbocycles. The lowest BCUT2D eigenvalue weighted by Crippen LogP contribution is -2.10. The van der Waals surface area contributed by atoms with Gasteiger partial charge in [0.25, 0.3) is 0 Å². The molecule has 0 bridgehead atoms. The van der Waals surface area contributed by atoms with Gasteiger partial charge >= 0.3 is 0 Å². The van der Waals surface area contributed by atoms with E-state index in [9.17, 15) is 4.79 Å². The number of pyridine rings is 1. The van der Waals surface area contributed by atoms with E-state index in [1.807, 2.05) is 0 Å². The molecule has 0 atom stereocenters. The summed E-state index contributed by atoms with van der Waals surface area (Å²) in [4.78, 5) is 16.3. The molecular formula is C13H10ClN3O. The Labute approximate surface area is 109 Å². The van der Waals surface area contributed by atoms with Gasteiger partial charge in [0.2, 0.25) is 5.78 Å². The van der Waals surface area contributed by atoms with Crippen molar-refractivity contribution in [3.63, 3.8) is 0 Å². The van der Waals surface area contributed by atoms with E-state index in [1.165, 1.54) is 0 Å². The molecule has 1 aliphatic rings. The first-order valence-corrected chi connectivity index (χ1v) is 6.14. The van der Waals surface area contributed by atoms with Crippen LogP contribution in [-0.2, 0) is 12.8 Å². The molecule has 2 heterocycles. The molecule has 0 aliphatic heterocycles. The molecule has 3 rings (SSSR count). The Kier molecular flexibility index (Phi) is 2.80. The molecule has 18 heavy (non-hydrogen) atoms. The van der Waals surface area contributed by atoms with Gasteiger partial charge < -0.3 is 0 Å². The first kappa shape index (κ1) is 11.3. The Bertz CT molecular complexity index is 613. The average molecular weight is 260 g/mol. The van der Waals surface area contributed by atoms with E-state index >= 15 is 0 Å². The number of carbonyl (C=O) groups excluding carboxylic acids is 1. The summed E-state index contributed by atoms with van der Waals surface area (Å²) in [6.45, 7) is 0. The summed E-state index contributed by atoms with van der Waals surface area (Å²) in [5.41, 5.74) is 2.87. The number of ketones is 1. The van der Waals surface area contributed by atoms with E-state index in [4.69, 9.17) is 11.6 Å². The number of aromatic nitrogens is 3. The molecule has 0 radical (unpaired) electrons. The first-order chi connectivity index (χ1) is 8.77. The minimum Gasteiger partial charge on any atom is -0.287 e. The Hall–Kier alpha value is -1.81. The molecule has 90 valence electrons. The minimum absolute atomic E-state index is 0.134. The highest BCUT2D eigenvalue weighted by Gasteiger charge is 2.24. The normalized spacial score (nSPS) is 13.4. The molecule has 0 spiro atoms. The number of rotatable bonds is 2. The van der Waals surface area contributed by atoms with Crippen LogP contribution in [0.1, 0.15) is 33.6 Å². The molecule has 0 N–H and O–H groups in total. The third-order valence-corrected chi connectivity index (χ3v) is 3.43. The van der Waals surface area contributed by atoms with Crippen molar-refractivity contribution < 1.29 is 4.79 Å². The Morgan fingerprint density at radius 3 is 2.83 bits per heavy atom. The van der Waals surface area contributed by atoms with Crippen LogP contribution in [0.15, 0.2) is 24.5 Å². The van der Waals surface area contributed by atoms with Crippen molar-refractivity contribution in [1.82, 2.24) is 15.2 Å². The Morgan fingerprint density at radius 1 is 1.22 bits per heavy atom. The third-order valence-electron chi connectivity index (χ3n) is 3.13. The van der Waals surface area contributed by atoms with Crippen molar-refractivity contribution in [2.24, 2.45) is 0 Å². The first-order valence-electron chi connectivity index (χ1n) is 5.76. The van der Waals surface area contributed by atoms with Gasteiger partial charge in [-0.05, 0) is 42.5 Å². The fourth-order valence-corrected chi connectivity index (χ4v) is 2.51. The van der Waals surface area contributed by atoms with Crippen LogP contribution in [0.4, 0.5) is 0 Å². The summed E-state index contributed by atoms with van der Waals surface area (Å²) in [5.74, 6) is -0.134. The van der Waals surface area contributed by atoms with Gasteiger partial charge in [-0.25, -0.2) is 0 Å². The lowest BCUT2D eigenvalue weighted by Gasteiger charge is -2.06. The fraction of sp³-hybridized carbons (Fsp3) is 0.231. The van der Waals surface area contributed by atoms with E-state index in [0.717, 1.165) is 30.4 Å². The molecule has 0 unspecified atom stereocenters. The van der Waals surface area contributed by atoms with Gasteiger partial charge in [0.1, 0.15) is 5.69 Å². The van der Waals surface area contributed by atoms with E-state index in [-0.39, 0.29) is 5.78 Å². The van der Waals surface area contributed by atoms with Crippen molar-refractivity contribution in [3.8, 4) is 0 Å². The van der Waals surface area contributed by atoms with Crippen molar-refractivity contribution in [2.75, 3.05) is 0 Å². The van der Waals surface area contributed by atoms with Crippen LogP contribution in [0.5, 0.6) is 0 Å². The zero-order valence-electron chi connectivity index (χ0n) is 9.56. The number of hydrogen-bond acceptors (Lipinski definition) is 4. The lowest BCUT2D eigenvalue weighted by atomic mass is 10.0. The Morgan fingerprint density at radius 2 is 2.06 bits per heavy atom. The van der Waals surface area contributed by atoms with Crippen LogP contribution in [0, 0.1) is 0 Å². The summed E-state index contributed by atoms with van der Waals surface area (Å²) < 4.78 is 0. The van der Waals surface area contributed by atoms with Gasteiger partial charge in [-0.15, -0.1) is 10.2 Å². The zero-order valence-corrected chi connectivity index (χ0v) is 10.3. The summed E-state index contributed by atoms with van der Waals surface area (Å²) in [7, 11) is 0. The summed E-state index contributed by atoms with van der Waals surface area (Å²) in [6, 6.07) is 3.46. The molecule has 2 aromatic rings. The quantitative estimate of drug-likeness (QED) is 0.776. The predicted molar refractivity (Wildman–Crippen MR) is 66.7 cm³/mol. The van der Waals surface area contributed by atoms with Gasteiger partial charge in [0.05, 0.1) is 0 Å². The molecule has 4 nitrogen and oxygen atoms in total. The average Bonchev–Trinajstić information content (AvgIpc) is 2.90. The van der Waals surface area contributed by atoms with Gasteiger partial charge in [-0.1, -0.05) is 11.6 Å². The minimum atomic E-state index is -0.134. The third kappa shape index (κ3) is 1.78. The van der Waals surface area contributed by atoms with Gasteiger partial charge in [0, 0.05) is 18.0 Å². The highest BCUT2D eigenvalue weighted by Crippen LogP contribution is 2.29. The molecule has 0 amide bonds. The Balaban J connectivity index is 2.09. The van der Waals surface area contributed by atoms with Crippen LogP contribution in [0.3, 0.4) is 0 Å². The molecule has 0 saturated carbocycles. The van der Waals surface area contributed by atoms with Crippen LogP contribution >= 0.6 is 11.6 Å². The van der Waals surface area contributed by atoms with Crippen molar-refractivity contribution in [2.45, 2.75) is 19.3 Å². The number of fused-ring (bicyclic) bond motifs is 1. The van der Waals surface area contributed by atoms with Crippen LogP contribution < -0.4 is 0 Å². The standard InChI is InChI=1S/C13H10ClN3O/c14-13-10-5-1-4-9(10)11(16-17-13)12(18)8-3-2-6-15-7-8/h2-3,6-7H,1,4-5H2. The van der Waals surface area contributed by atoms with Crippen LogP contribution in [-0.4, -0.2) is 21.0 Å². The zero-order chi connectivity index (χ0) is 12.5. The highest BCUT2D eigenvalue weighted by molar-refractivity contribution is 6.30. The summed E-state index contributed by atoms with van der Waals surface area (Å²) in [6.07, 6.45) is 5.88. The monoisotopic (exact) mass is 259 g/mol. The smallest absolute Gasteiger partial charge is 0.215 e. The van der Waals surface area contributed by atoms with Crippen molar-refractivity contribution in [3.05, 3.63) is 52.1 Å². The maximum atomic E-state index is 12.3. The van der Waals surface area contributed by atoms with E-state index < -0.39 is 0 Å². The van der Waals surface area contributed by atoms with Crippen molar-refractivity contribution in [1.29, 1.82) is 0 Å². The largest absolute Gasteiger partial charge is 0.287 e. The van der Waals surface area contributed by atoms with E-state index in [2.05, 4.69) is 15.2 Å². The summed E-state index contributed by atoms with van der Waals surface area (Å²) in [5, 5.41) is 8.26. The molecular weight excluding hydrogens is 250 g/mol. The van der Waals surface area contributed by atoms with Gasteiger partial charge in [-0.2, -0.15) is 0 Å².